The van der Waals surface area contributed by atoms with Crippen LogP contribution in [0.4, 0.5) is 0 Å². The molecule has 2 aromatic carbocycles. The van der Waals surface area contributed by atoms with Gasteiger partial charge in [-0.15, -0.1) is 0 Å². The summed E-state index contributed by atoms with van der Waals surface area (Å²) in [6.07, 6.45) is 5.82. The maximum atomic E-state index is 13.1. The molecular formula is C24H30N2O2. The fourth-order valence-corrected chi connectivity index (χ4v) is 4.37. The average molecular weight is 379 g/mol. The van der Waals surface area contributed by atoms with Crippen molar-refractivity contribution in [1.29, 1.82) is 0 Å². The van der Waals surface area contributed by atoms with Gasteiger partial charge in [-0.3, -0.25) is 9.69 Å². The molecule has 4 rings (SSSR count). The van der Waals surface area contributed by atoms with Crippen molar-refractivity contribution < 1.29 is 9.53 Å². The van der Waals surface area contributed by atoms with E-state index in [0.29, 0.717) is 0 Å². The van der Waals surface area contributed by atoms with Crippen LogP contribution < -0.4 is 4.74 Å². The number of nitrogens with zero attached hydrogens (tertiary/aromatic N) is 2. The zero-order chi connectivity index (χ0) is 19.3. The second-order valence-electron chi connectivity index (χ2n) is 7.96. The van der Waals surface area contributed by atoms with Crippen molar-refractivity contribution in [2.45, 2.75) is 38.6 Å². The molecule has 0 aromatic heterocycles. The molecule has 2 aliphatic rings. The highest BCUT2D eigenvalue weighted by molar-refractivity contribution is 5.94. The minimum atomic E-state index is 0.194. The largest absolute Gasteiger partial charge is 0.497 e. The Morgan fingerprint density at radius 1 is 0.893 bits per heavy atom. The minimum Gasteiger partial charge on any atom is -0.497 e. The molecule has 0 saturated carbocycles. The number of hydrogen-bond donors (Lipinski definition) is 0. The third-order valence-electron chi connectivity index (χ3n) is 6.04. The summed E-state index contributed by atoms with van der Waals surface area (Å²) >= 11 is 0. The standard InChI is InChI=1S/C24H30N2O2/c1-28-23-11-7-19(8-12-23)18-25-13-4-14-26(16-15-25)24(27)22-10-9-20-5-2-3-6-21(20)17-22/h7-12,17H,2-6,13-16,18H2,1H3. The Morgan fingerprint density at radius 3 is 2.46 bits per heavy atom. The first-order valence-electron chi connectivity index (χ1n) is 10.5. The molecule has 148 valence electrons. The number of ether oxygens (including phenoxy) is 1. The summed E-state index contributed by atoms with van der Waals surface area (Å²) in [6, 6.07) is 14.6. The lowest BCUT2D eigenvalue weighted by Crippen LogP contribution is -2.35. The Labute approximate surface area is 168 Å². The number of fused-ring (bicyclic) bond motifs is 1. The third kappa shape index (κ3) is 4.39. The highest BCUT2D eigenvalue weighted by atomic mass is 16.5. The first-order valence-corrected chi connectivity index (χ1v) is 10.5. The monoisotopic (exact) mass is 378 g/mol. The molecule has 1 amide bonds. The fraction of sp³-hybridized carbons (Fsp3) is 0.458. The molecule has 1 aliphatic carbocycles. The van der Waals surface area contributed by atoms with Crippen LogP contribution in [0.15, 0.2) is 42.5 Å². The Bertz CT molecular complexity index is 816. The van der Waals surface area contributed by atoms with E-state index in [1.165, 1.54) is 29.5 Å². The van der Waals surface area contributed by atoms with E-state index in [4.69, 9.17) is 4.74 Å². The number of aryl methyl sites for hydroxylation is 2. The van der Waals surface area contributed by atoms with Crippen LogP contribution in [0, 0.1) is 0 Å². The molecule has 0 N–H and O–H groups in total. The average Bonchev–Trinajstić information content (AvgIpc) is 2.99. The Hall–Kier alpha value is -2.33. The summed E-state index contributed by atoms with van der Waals surface area (Å²) < 4.78 is 5.24. The van der Waals surface area contributed by atoms with E-state index >= 15 is 0 Å². The molecule has 0 bridgehead atoms. The van der Waals surface area contributed by atoms with Crippen molar-refractivity contribution in [2.75, 3.05) is 33.3 Å². The molecule has 0 atom stereocenters. The van der Waals surface area contributed by atoms with Gasteiger partial charge in [0.25, 0.3) is 5.91 Å². The van der Waals surface area contributed by atoms with Gasteiger partial charge in [0.05, 0.1) is 7.11 Å². The van der Waals surface area contributed by atoms with Gasteiger partial charge in [-0.25, -0.2) is 0 Å². The zero-order valence-electron chi connectivity index (χ0n) is 16.8. The molecule has 2 aromatic rings. The molecule has 0 unspecified atom stereocenters. The van der Waals surface area contributed by atoms with Crippen molar-refractivity contribution in [3.63, 3.8) is 0 Å². The quantitative estimate of drug-likeness (QED) is 0.808. The van der Waals surface area contributed by atoms with E-state index in [2.05, 4.69) is 29.2 Å². The van der Waals surface area contributed by atoms with Crippen LogP contribution >= 0.6 is 0 Å². The van der Waals surface area contributed by atoms with Gasteiger partial charge in [-0.1, -0.05) is 18.2 Å². The Morgan fingerprint density at radius 2 is 1.68 bits per heavy atom. The highest BCUT2D eigenvalue weighted by Gasteiger charge is 2.21. The molecule has 4 nitrogen and oxygen atoms in total. The number of rotatable bonds is 4. The number of methoxy groups -OCH3 is 1. The van der Waals surface area contributed by atoms with Crippen molar-refractivity contribution in [2.24, 2.45) is 0 Å². The molecule has 1 heterocycles. The second kappa shape index (κ2) is 8.78. The molecule has 1 saturated heterocycles. The van der Waals surface area contributed by atoms with E-state index in [1.807, 2.05) is 23.1 Å². The van der Waals surface area contributed by atoms with Gasteiger partial charge in [0, 0.05) is 38.3 Å². The van der Waals surface area contributed by atoms with Crippen LogP contribution in [-0.2, 0) is 19.4 Å². The van der Waals surface area contributed by atoms with Crippen LogP contribution in [0.25, 0.3) is 0 Å². The van der Waals surface area contributed by atoms with Gasteiger partial charge >= 0.3 is 0 Å². The molecule has 4 heteroatoms. The van der Waals surface area contributed by atoms with Crippen molar-refractivity contribution in [1.82, 2.24) is 9.80 Å². The molecule has 28 heavy (non-hydrogen) atoms. The van der Waals surface area contributed by atoms with Crippen LogP contribution in [0.2, 0.25) is 0 Å². The fourth-order valence-electron chi connectivity index (χ4n) is 4.37. The number of carbonyl (C=O) groups is 1. The zero-order valence-corrected chi connectivity index (χ0v) is 16.8. The van der Waals surface area contributed by atoms with Crippen LogP contribution in [-0.4, -0.2) is 49.0 Å². The number of carbonyl (C=O) groups excluding carboxylic acids is 1. The van der Waals surface area contributed by atoms with Gasteiger partial charge < -0.3 is 9.64 Å². The summed E-state index contributed by atoms with van der Waals surface area (Å²) in [4.78, 5) is 17.6. The normalized spacial score (nSPS) is 17.7. The number of amides is 1. The van der Waals surface area contributed by atoms with Gasteiger partial charge in [0.2, 0.25) is 0 Å². The lowest BCUT2D eigenvalue weighted by molar-refractivity contribution is 0.0761. The van der Waals surface area contributed by atoms with E-state index < -0.39 is 0 Å². The van der Waals surface area contributed by atoms with Gasteiger partial charge in [0.1, 0.15) is 5.75 Å². The predicted octanol–water partition coefficient (Wildman–Crippen LogP) is 3.92. The van der Waals surface area contributed by atoms with E-state index in [-0.39, 0.29) is 5.91 Å². The molecular weight excluding hydrogens is 348 g/mol. The summed E-state index contributed by atoms with van der Waals surface area (Å²) in [7, 11) is 1.69. The number of hydrogen-bond acceptors (Lipinski definition) is 3. The summed E-state index contributed by atoms with van der Waals surface area (Å²) in [5.74, 6) is 1.08. The Kier molecular flexibility index (Phi) is 5.96. The van der Waals surface area contributed by atoms with Crippen LogP contribution in [0.3, 0.4) is 0 Å². The van der Waals surface area contributed by atoms with Crippen molar-refractivity contribution in [3.8, 4) is 5.75 Å². The van der Waals surface area contributed by atoms with Crippen LogP contribution in [0.5, 0.6) is 5.75 Å². The topological polar surface area (TPSA) is 32.8 Å². The van der Waals surface area contributed by atoms with Crippen molar-refractivity contribution >= 4 is 5.91 Å². The first kappa shape index (κ1) is 19.0. The summed E-state index contributed by atoms with van der Waals surface area (Å²) in [5.41, 5.74) is 4.97. The van der Waals surface area contributed by atoms with Crippen LogP contribution in [0.1, 0.15) is 46.3 Å². The number of benzene rings is 2. The summed E-state index contributed by atoms with van der Waals surface area (Å²) in [6.45, 7) is 4.51. The molecule has 0 radical (unpaired) electrons. The van der Waals surface area contributed by atoms with Gasteiger partial charge in [-0.05, 0) is 73.1 Å². The lowest BCUT2D eigenvalue weighted by Gasteiger charge is -2.23. The third-order valence-corrected chi connectivity index (χ3v) is 6.04. The smallest absolute Gasteiger partial charge is 0.253 e. The van der Waals surface area contributed by atoms with E-state index in [9.17, 15) is 4.79 Å². The lowest BCUT2D eigenvalue weighted by atomic mass is 9.90. The second-order valence-corrected chi connectivity index (χ2v) is 7.96. The minimum absolute atomic E-state index is 0.194. The first-order chi connectivity index (χ1) is 13.7. The maximum absolute atomic E-state index is 13.1. The maximum Gasteiger partial charge on any atom is 0.253 e. The van der Waals surface area contributed by atoms with E-state index in [0.717, 1.165) is 63.3 Å². The Balaban J connectivity index is 1.37. The predicted molar refractivity (Wildman–Crippen MR) is 112 cm³/mol. The summed E-state index contributed by atoms with van der Waals surface area (Å²) in [5, 5.41) is 0. The highest BCUT2D eigenvalue weighted by Crippen LogP contribution is 2.23. The SMILES string of the molecule is COc1ccc(CN2CCCN(C(=O)c3ccc4c(c3)CCCC4)CC2)cc1. The molecule has 0 spiro atoms. The van der Waals surface area contributed by atoms with Gasteiger partial charge in [0.15, 0.2) is 0 Å². The molecule has 1 fully saturated rings. The molecule has 1 aliphatic heterocycles. The van der Waals surface area contributed by atoms with Crippen molar-refractivity contribution in [3.05, 3.63) is 64.7 Å². The van der Waals surface area contributed by atoms with Gasteiger partial charge in [-0.2, -0.15) is 0 Å². The van der Waals surface area contributed by atoms with E-state index in [1.54, 1.807) is 7.11 Å².